The molecule has 0 bridgehead atoms. The highest BCUT2D eigenvalue weighted by Crippen LogP contribution is 2.28. The molecule has 0 saturated carbocycles. The van der Waals surface area contributed by atoms with Crippen molar-refractivity contribution in [2.75, 3.05) is 7.05 Å². The van der Waals surface area contributed by atoms with E-state index < -0.39 is 0 Å². The molecule has 1 aromatic rings. The van der Waals surface area contributed by atoms with Crippen LogP contribution in [0.5, 0.6) is 5.75 Å². The summed E-state index contributed by atoms with van der Waals surface area (Å²) in [4.78, 5) is 7.11. The van der Waals surface area contributed by atoms with Crippen molar-refractivity contribution in [1.82, 2.24) is 10.2 Å². The predicted molar refractivity (Wildman–Crippen MR) is 111 cm³/mol. The van der Waals surface area contributed by atoms with Gasteiger partial charge >= 0.3 is 0 Å². The van der Waals surface area contributed by atoms with Crippen LogP contribution in [0.25, 0.3) is 5.70 Å². The minimum Gasteiger partial charge on any atom is -0.507 e. The molecule has 0 atom stereocenters. The van der Waals surface area contributed by atoms with E-state index in [0.29, 0.717) is 6.04 Å². The molecule has 0 radical (unpaired) electrons. The number of nitrogens with zero attached hydrogens (tertiary/aromatic N) is 2. The van der Waals surface area contributed by atoms with Crippen LogP contribution in [0.3, 0.4) is 0 Å². The monoisotopic (exact) mass is 353 g/mol. The number of hydrogen-bond acceptors (Lipinski definition) is 3. The Morgan fingerprint density at radius 2 is 1.92 bits per heavy atom. The van der Waals surface area contributed by atoms with E-state index >= 15 is 0 Å². The second kappa shape index (κ2) is 9.27. The number of aliphatic imine (C=N–C) groups is 1. The van der Waals surface area contributed by atoms with Crippen molar-refractivity contribution < 1.29 is 5.11 Å². The number of allylic oxidation sites excluding steroid dienone is 2. The molecule has 4 nitrogen and oxygen atoms in total. The summed E-state index contributed by atoms with van der Waals surface area (Å²) >= 11 is 0. The van der Waals surface area contributed by atoms with Crippen molar-refractivity contribution in [2.24, 2.45) is 4.99 Å². The first-order chi connectivity index (χ1) is 12.5. The van der Waals surface area contributed by atoms with E-state index in [1.165, 1.54) is 0 Å². The summed E-state index contributed by atoms with van der Waals surface area (Å²) in [5, 5.41) is 13.7. The Labute approximate surface area is 157 Å². The minimum atomic E-state index is 0.254. The quantitative estimate of drug-likeness (QED) is 0.721. The molecule has 2 rings (SSSR count). The second-order valence-electron chi connectivity index (χ2n) is 6.71. The summed E-state index contributed by atoms with van der Waals surface area (Å²) < 4.78 is 0. The van der Waals surface area contributed by atoms with E-state index in [2.05, 4.69) is 30.6 Å². The first-order valence-corrected chi connectivity index (χ1v) is 9.43. The Morgan fingerprint density at radius 3 is 2.50 bits per heavy atom. The number of phenols is 1. The number of phenolic OH excluding ortho intramolecular Hbond substituents is 1. The van der Waals surface area contributed by atoms with Gasteiger partial charge in [0.25, 0.3) is 0 Å². The minimum absolute atomic E-state index is 0.254. The molecule has 0 spiro atoms. The van der Waals surface area contributed by atoms with Crippen molar-refractivity contribution in [3.8, 4) is 5.75 Å². The van der Waals surface area contributed by atoms with Crippen molar-refractivity contribution >= 4 is 11.5 Å². The first kappa shape index (κ1) is 19.8. The number of likely N-dealkylation sites (N-methyl/N-ethyl adjacent to an activating group) is 1. The highest BCUT2D eigenvalue weighted by Gasteiger charge is 2.22. The summed E-state index contributed by atoms with van der Waals surface area (Å²) in [5.41, 5.74) is 2.65. The molecule has 1 heterocycles. The zero-order valence-electron chi connectivity index (χ0n) is 16.4. The van der Waals surface area contributed by atoms with Crippen LogP contribution < -0.4 is 5.32 Å². The van der Waals surface area contributed by atoms with E-state index in [1.807, 2.05) is 44.3 Å². The molecule has 1 aliphatic rings. The van der Waals surface area contributed by atoms with Crippen molar-refractivity contribution in [3.05, 3.63) is 60.0 Å². The summed E-state index contributed by atoms with van der Waals surface area (Å²) in [6.45, 7) is 10.3. The third-order valence-electron chi connectivity index (χ3n) is 4.64. The third-order valence-corrected chi connectivity index (χ3v) is 4.64. The van der Waals surface area contributed by atoms with Gasteiger partial charge in [-0.3, -0.25) is 4.99 Å². The van der Waals surface area contributed by atoms with E-state index in [4.69, 9.17) is 4.99 Å². The number of rotatable bonds is 7. The van der Waals surface area contributed by atoms with E-state index in [0.717, 1.165) is 54.2 Å². The molecular weight excluding hydrogens is 322 g/mol. The summed E-state index contributed by atoms with van der Waals surface area (Å²) in [7, 11) is 2.02. The molecule has 0 saturated heterocycles. The largest absolute Gasteiger partial charge is 0.507 e. The summed E-state index contributed by atoms with van der Waals surface area (Å²) in [6, 6.07) is 7.68. The molecule has 0 unspecified atom stereocenters. The molecule has 26 heavy (non-hydrogen) atoms. The molecule has 0 amide bonds. The van der Waals surface area contributed by atoms with Gasteiger partial charge in [0.2, 0.25) is 0 Å². The van der Waals surface area contributed by atoms with Gasteiger partial charge in [-0.1, -0.05) is 51.5 Å². The van der Waals surface area contributed by atoms with E-state index in [9.17, 15) is 5.11 Å². The van der Waals surface area contributed by atoms with Crippen molar-refractivity contribution in [3.63, 3.8) is 0 Å². The van der Waals surface area contributed by atoms with Crippen LogP contribution in [0.2, 0.25) is 0 Å². The average Bonchev–Trinajstić information content (AvgIpc) is 2.63. The number of benzene rings is 1. The van der Waals surface area contributed by atoms with Gasteiger partial charge in [-0.15, -0.1) is 0 Å². The molecule has 2 N–H and O–H groups in total. The fourth-order valence-electron chi connectivity index (χ4n) is 3.15. The Morgan fingerprint density at radius 1 is 1.27 bits per heavy atom. The van der Waals surface area contributed by atoms with Gasteiger partial charge in [-0.05, 0) is 37.5 Å². The average molecular weight is 354 g/mol. The standard InChI is InChI=1S/C22H31N3O/c1-6-11-17(12-7-2)23-21-15-19(18-13-9-10-14-20(18)26)24-22(25(21)5)16(4)8-3/h8-10,13-15,17,24,26H,3,6-7,11-12H2,1-2,4-5H3/b22-16-,23-21?. The Kier molecular flexibility index (Phi) is 7.07. The van der Waals surface area contributed by atoms with Gasteiger partial charge in [0.05, 0.1) is 11.7 Å². The molecule has 0 fully saturated rings. The van der Waals surface area contributed by atoms with E-state index in [-0.39, 0.29) is 5.75 Å². The molecule has 0 aliphatic carbocycles. The lowest BCUT2D eigenvalue weighted by atomic mass is 10.1. The second-order valence-corrected chi connectivity index (χ2v) is 6.71. The van der Waals surface area contributed by atoms with E-state index in [1.54, 1.807) is 6.07 Å². The Bertz CT molecular complexity index is 725. The lowest BCUT2D eigenvalue weighted by Gasteiger charge is -2.32. The highest BCUT2D eigenvalue weighted by atomic mass is 16.3. The third kappa shape index (κ3) is 4.57. The van der Waals surface area contributed by atoms with Gasteiger partial charge in [-0.2, -0.15) is 0 Å². The van der Waals surface area contributed by atoms with Gasteiger partial charge in [0, 0.05) is 18.7 Å². The smallest absolute Gasteiger partial charge is 0.131 e. The van der Waals surface area contributed by atoms with Gasteiger partial charge in [-0.25, -0.2) is 0 Å². The van der Waals surface area contributed by atoms with Gasteiger partial charge in [0.15, 0.2) is 0 Å². The van der Waals surface area contributed by atoms with Crippen LogP contribution in [0.15, 0.2) is 59.4 Å². The number of para-hydroxylation sites is 1. The van der Waals surface area contributed by atoms with Gasteiger partial charge < -0.3 is 15.3 Å². The lowest BCUT2D eigenvalue weighted by Crippen LogP contribution is -2.38. The maximum Gasteiger partial charge on any atom is 0.131 e. The van der Waals surface area contributed by atoms with Crippen LogP contribution in [-0.2, 0) is 0 Å². The first-order valence-electron chi connectivity index (χ1n) is 9.43. The van der Waals surface area contributed by atoms with Crippen molar-refractivity contribution in [1.29, 1.82) is 0 Å². The molecule has 1 aliphatic heterocycles. The number of hydrogen-bond donors (Lipinski definition) is 2. The van der Waals surface area contributed by atoms with Crippen LogP contribution in [0.4, 0.5) is 0 Å². The van der Waals surface area contributed by atoms with Crippen LogP contribution in [-0.4, -0.2) is 28.9 Å². The van der Waals surface area contributed by atoms with Gasteiger partial charge in [0.1, 0.15) is 17.4 Å². The number of amidine groups is 1. The SMILES string of the molecule is C=C/C(C)=C1/NC(c2ccccc2O)=CC(=NC(CCC)CCC)N1C. The predicted octanol–water partition coefficient (Wildman–Crippen LogP) is 5.05. The zero-order valence-corrected chi connectivity index (χ0v) is 16.4. The topological polar surface area (TPSA) is 47.9 Å². The maximum absolute atomic E-state index is 10.3. The fraction of sp³-hybridized carbons (Fsp3) is 0.409. The Balaban J connectivity index is 2.54. The Hall–Kier alpha value is -2.49. The zero-order chi connectivity index (χ0) is 19.1. The maximum atomic E-state index is 10.3. The van der Waals surface area contributed by atoms with Crippen LogP contribution in [0.1, 0.15) is 52.0 Å². The normalized spacial score (nSPS) is 18.0. The van der Waals surface area contributed by atoms with Crippen LogP contribution in [0, 0.1) is 0 Å². The van der Waals surface area contributed by atoms with Crippen LogP contribution >= 0.6 is 0 Å². The van der Waals surface area contributed by atoms with Crippen molar-refractivity contribution in [2.45, 2.75) is 52.5 Å². The molecule has 4 heteroatoms. The molecular formula is C22H31N3O. The summed E-state index contributed by atoms with van der Waals surface area (Å²) in [5.74, 6) is 2.10. The summed E-state index contributed by atoms with van der Waals surface area (Å²) in [6.07, 6.45) is 8.25. The molecule has 140 valence electrons. The number of nitrogens with one attached hydrogen (secondary N) is 1. The molecule has 1 aromatic carbocycles. The molecule has 0 aromatic heterocycles. The fourth-order valence-corrected chi connectivity index (χ4v) is 3.15. The lowest BCUT2D eigenvalue weighted by molar-refractivity contribution is 0.472. The highest BCUT2D eigenvalue weighted by molar-refractivity contribution is 6.02. The number of aromatic hydroxyl groups is 1.